The Morgan fingerprint density at radius 3 is 1.59 bits per heavy atom. The number of aliphatic hydroxyl groups is 1. The summed E-state index contributed by atoms with van der Waals surface area (Å²) in [4.78, 5) is 4.92. The lowest BCUT2D eigenvalue weighted by Gasteiger charge is -2.40. The molecule has 1 aliphatic heterocycles. The molecule has 0 aromatic heterocycles. The fourth-order valence-corrected chi connectivity index (χ4v) is 5.25. The van der Waals surface area contributed by atoms with Crippen LogP contribution in [0.15, 0.2) is 30.3 Å². The standard InChI is InChI=1S/C14H23N.C13H27NO.C7H17NO/c1-14(2,3)11-13(15(4)5)12-9-7-6-8-10-12;1-11(2)12(10-13(3,4)5)14-6-8-15-9-7-14;1-6(2,3)5-7(4,8)9/h6-10,13H,11H2,1-5H3;11-12H,6-10H2,1-5H3;9H,5,8H2,1-4H3. The Morgan fingerprint density at radius 1 is 0.821 bits per heavy atom. The zero-order valence-electron chi connectivity index (χ0n) is 28.4. The summed E-state index contributed by atoms with van der Waals surface area (Å²) in [5.41, 5.74) is 6.67. The third-order valence-electron chi connectivity index (χ3n) is 6.61. The summed E-state index contributed by atoms with van der Waals surface area (Å²) in [6, 6.07) is 12.0. The largest absolute Gasteiger partial charge is 0.379 e. The van der Waals surface area contributed by atoms with Gasteiger partial charge in [-0.3, -0.25) is 4.90 Å². The number of hydrogen-bond acceptors (Lipinski definition) is 5. The monoisotopic (exact) mass is 550 g/mol. The minimum atomic E-state index is -1.02. The normalized spacial score (nSPS) is 18.4. The topological polar surface area (TPSA) is 62.0 Å². The Labute approximate surface area is 243 Å². The molecule has 5 heteroatoms. The van der Waals surface area contributed by atoms with Crippen molar-refractivity contribution in [2.45, 2.75) is 120 Å². The molecular formula is C34H67N3O2. The van der Waals surface area contributed by atoms with E-state index in [-0.39, 0.29) is 5.41 Å². The van der Waals surface area contributed by atoms with Crippen molar-refractivity contribution in [2.75, 3.05) is 40.4 Å². The lowest BCUT2D eigenvalue weighted by atomic mass is 9.83. The molecular weight excluding hydrogens is 482 g/mol. The molecule has 1 aromatic carbocycles. The number of nitrogens with zero attached hydrogens (tertiary/aromatic N) is 2. The second-order valence-electron chi connectivity index (χ2n) is 16.0. The molecule has 0 bridgehead atoms. The SMILES string of the molecule is CC(C)(C)CC(C)(N)O.CC(C)C(CC(C)(C)C)N1CCOCC1.CN(C)C(CC(C)(C)C)c1ccccc1. The van der Waals surface area contributed by atoms with Crippen LogP contribution in [0.3, 0.4) is 0 Å². The number of morpholine rings is 1. The molecule has 0 radical (unpaired) electrons. The van der Waals surface area contributed by atoms with E-state index >= 15 is 0 Å². The van der Waals surface area contributed by atoms with Crippen molar-refractivity contribution in [2.24, 2.45) is 27.9 Å². The zero-order chi connectivity index (χ0) is 30.7. The van der Waals surface area contributed by atoms with Gasteiger partial charge in [0.1, 0.15) is 5.72 Å². The Balaban J connectivity index is 0.000000576. The lowest BCUT2D eigenvalue weighted by Crippen LogP contribution is -2.47. The minimum Gasteiger partial charge on any atom is -0.379 e. The van der Waals surface area contributed by atoms with Gasteiger partial charge >= 0.3 is 0 Å². The van der Waals surface area contributed by atoms with Gasteiger partial charge in [0.25, 0.3) is 0 Å². The molecule has 230 valence electrons. The molecule has 0 spiro atoms. The van der Waals surface area contributed by atoms with E-state index in [9.17, 15) is 0 Å². The Morgan fingerprint density at radius 2 is 1.28 bits per heavy atom. The van der Waals surface area contributed by atoms with Crippen molar-refractivity contribution in [1.82, 2.24) is 9.80 Å². The molecule has 3 N–H and O–H groups in total. The van der Waals surface area contributed by atoms with E-state index in [4.69, 9.17) is 15.6 Å². The van der Waals surface area contributed by atoms with Crippen LogP contribution in [-0.2, 0) is 4.74 Å². The summed E-state index contributed by atoms with van der Waals surface area (Å²) in [5, 5.41) is 9.13. The molecule has 3 atom stereocenters. The minimum absolute atomic E-state index is 0.109. The Kier molecular flexibility index (Phi) is 16.0. The van der Waals surface area contributed by atoms with Gasteiger partial charge in [-0.25, -0.2) is 0 Å². The average Bonchev–Trinajstić information content (AvgIpc) is 2.74. The maximum atomic E-state index is 9.13. The van der Waals surface area contributed by atoms with Gasteiger partial charge in [-0.15, -0.1) is 0 Å². The second kappa shape index (κ2) is 16.5. The lowest BCUT2D eigenvalue weighted by molar-refractivity contribution is -0.00392. The maximum Gasteiger partial charge on any atom is 0.111 e. The van der Waals surface area contributed by atoms with Crippen molar-refractivity contribution in [3.63, 3.8) is 0 Å². The summed E-state index contributed by atoms with van der Waals surface area (Å²) >= 11 is 0. The molecule has 0 saturated carbocycles. The van der Waals surface area contributed by atoms with Crippen LogP contribution in [0.1, 0.15) is 114 Å². The maximum absolute atomic E-state index is 9.13. The average molecular weight is 550 g/mol. The number of ether oxygens (including phenoxy) is 1. The van der Waals surface area contributed by atoms with Crippen LogP contribution in [0.5, 0.6) is 0 Å². The molecule has 0 aliphatic carbocycles. The van der Waals surface area contributed by atoms with Crippen LogP contribution in [0, 0.1) is 22.2 Å². The Hall–Kier alpha value is -0.980. The first-order valence-electron chi connectivity index (χ1n) is 15.1. The molecule has 1 fully saturated rings. The van der Waals surface area contributed by atoms with E-state index in [1.807, 2.05) is 20.8 Å². The highest BCUT2D eigenvalue weighted by Crippen LogP contribution is 2.32. The first-order valence-corrected chi connectivity index (χ1v) is 15.1. The summed E-state index contributed by atoms with van der Waals surface area (Å²) < 4.78 is 5.42. The molecule has 1 aliphatic rings. The van der Waals surface area contributed by atoms with Crippen molar-refractivity contribution >= 4 is 0 Å². The fourth-order valence-electron chi connectivity index (χ4n) is 5.25. The predicted molar refractivity (Wildman–Crippen MR) is 171 cm³/mol. The molecule has 2 rings (SSSR count). The highest BCUT2D eigenvalue weighted by Gasteiger charge is 2.28. The molecule has 5 nitrogen and oxygen atoms in total. The summed E-state index contributed by atoms with van der Waals surface area (Å²) in [6.07, 6.45) is 3.09. The van der Waals surface area contributed by atoms with Crippen LogP contribution in [0.25, 0.3) is 0 Å². The van der Waals surface area contributed by atoms with Crippen LogP contribution in [-0.4, -0.2) is 67.1 Å². The van der Waals surface area contributed by atoms with E-state index in [0.717, 1.165) is 32.2 Å². The third kappa shape index (κ3) is 20.5. The highest BCUT2D eigenvalue weighted by molar-refractivity contribution is 5.19. The number of nitrogens with two attached hydrogens (primary N) is 1. The second-order valence-corrected chi connectivity index (χ2v) is 16.0. The molecule has 3 unspecified atom stereocenters. The quantitative estimate of drug-likeness (QED) is 0.343. The zero-order valence-corrected chi connectivity index (χ0v) is 28.4. The highest BCUT2D eigenvalue weighted by atomic mass is 16.5. The number of rotatable bonds is 7. The van der Waals surface area contributed by atoms with Crippen molar-refractivity contribution in [3.05, 3.63) is 35.9 Å². The molecule has 0 amide bonds. The Bertz CT molecular complexity index is 732. The van der Waals surface area contributed by atoms with Gasteiger partial charge in [-0.05, 0) is 68.0 Å². The van der Waals surface area contributed by atoms with Gasteiger partial charge in [0.2, 0.25) is 0 Å². The summed E-state index contributed by atoms with van der Waals surface area (Å²) in [6.45, 7) is 30.4. The van der Waals surface area contributed by atoms with E-state index < -0.39 is 5.72 Å². The van der Waals surface area contributed by atoms with Crippen LogP contribution >= 0.6 is 0 Å². The van der Waals surface area contributed by atoms with Gasteiger partial charge in [-0.1, -0.05) is 106 Å². The van der Waals surface area contributed by atoms with Crippen molar-refractivity contribution in [1.29, 1.82) is 0 Å². The van der Waals surface area contributed by atoms with Gasteiger partial charge in [0.05, 0.1) is 13.2 Å². The third-order valence-corrected chi connectivity index (χ3v) is 6.61. The molecule has 1 heterocycles. The number of hydrogen-bond donors (Lipinski definition) is 2. The van der Waals surface area contributed by atoms with Gasteiger partial charge < -0.3 is 20.5 Å². The number of benzene rings is 1. The van der Waals surface area contributed by atoms with E-state index in [1.54, 1.807) is 6.92 Å². The van der Waals surface area contributed by atoms with Crippen LogP contribution in [0.2, 0.25) is 0 Å². The first kappa shape index (κ1) is 38.0. The molecule has 1 saturated heterocycles. The van der Waals surface area contributed by atoms with Gasteiger partial charge in [0, 0.05) is 25.2 Å². The van der Waals surface area contributed by atoms with Gasteiger partial charge in [0.15, 0.2) is 0 Å². The molecule has 39 heavy (non-hydrogen) atoms. The molecule has 1 aromatic rings. The van der Waals surface area contributed by atoms with Crippen molar-refractivity contribution in [3.8, 4) is 0 Å². The van der Waals surface area contributed by atoms with Crippen LogP contribution in [0.4, 0.5) is 0 Å². The van der Waals surface area contributed by atoms with E-state index in [0.29, 0.717) is 29.3 Å². The summed E-state index contributed by atoms with van der Waals surface area (Å²) in [5.74, 6) is 0.738. The smallest absolute Gasteiger partial charge is 0.111 e. The van der Waals surface area contributed by atoms with E-state index in [2.05, 4.69) is 110 Å². The predicted octanol–water partition coefficient (Wildman–Crippen LogP) is 7.59. The van der Waals surface area contributed by atoms with Crippen LogP contribution < -0.4 is 5.73 Å². The fraction of sp³-hybridized carbons (Fsp3) is 0.824. The first-order chi connectivity index (χ1) is 17.5. The van der Waals surface area contributed by atoms with Gasteiger partial charge in [-0.2, -0.15) is 0 Å². The van der Waals surface area contributed by atoms with E-state index in [1.165, 1.54) is 18.4 Å². The van der Waals surface area contributed by atoms with Crippen molar-refractivity contribution < 1.29 is 9.84 Å². The summed E-state index contributed by atoms with van der Waals surface area (Å²) in [7, 11) is 4.31.